The second-order valence-electron chi connectivity index (χ2n) is 8.52. The number of halogens is 2. The summed E-state index contributed by atoms with van der Waals surface area (Å²) in [7, 11) is 1.57. The third-order valence-corrected chi connectivity index (χ3v) is 7.72. The zero-order chi connectivity index (χ0) is 23.1. The van der Waals surface area contributed by atoms with Crippen LogP contribution in [0, 0.1) is 23.7 Å². The molecule has 0 unspecified atom stereocenters. The number of hydrogen-bond acceptors (Lipinski definition) is 5. The summed E-state index contributed by atoms with van der Waals surface area (Å²) in [6, 6.07) is 11.5. The van der Waals surface area contributed by atoms with Crippen LogP contribution in [0.4, 0.5) is 0 Å². The van der Waals surface area contributed by atoms with E-state index in [1.807, 2.05) is 30.3 Å². The first-order valence-corrected chi connectivity index (χ1v) is 12.4. The first-order chi connectivity index (χ1) is 16.0. The predicted molar refractivity (Wildman–Crippen MR) is 131 cm³/mol. The largest absolute Gasteiger partial charge is 0.493 e. The van der Waals surface area contributed by atoms with Crippen LogP contribution in [0.25, 0.3) is 0 Å². The van der Waals surface area contributed by atoms with E-state index in [0.29, 0.717) is 28.1 Å². The van der Waals surface area contributed by atoms with Crippen LogP contribution in [-0.2, 0) is 16.2 Å². The molecule has 2 fully saturated rings. The third-order valence-electron chi connectivity index (χ3n) is 6.61. The summed E-state index contributed by atoms with van der Waals surface area (Å²) < 4.78 is 13.2. The summed E-state index contributed by atoms with van der Waals surface area (Å²) in [5, 5.41) is 5.35. The molecule has 3 aliphatic carbocycles. The number of fused-ring (bicyclic) bond motifs is 1. The molecule has 170 valence electrons. The molecule has 1 aliphatic heterocycles. The van der Waals surface area contributed by atoms with Crippen molar-refractivity contribution in [3.8, 4) is 11.5 Å². The lowest BCUT2D eigenvalue weighted by atomic mass is 9.63. The van der Waals surface area contributed by atoms with Crippen molar-refractivity contribution in [1.29, 1.82) is 0 Å². The SMILES string of the molecule is COc1cc(/C=N\N2C(=O)[C@@H]3[C@H](C2=O)[C@H]2C=C[C@H]3CC2)cc(Br)c1OCc1ccc(Br)cc1. The van der Waals surface area contributed by atoms with Gasteiger partial charge in [0, 0.05) is 4.47 Å². The minimum atomic E-state index is -0.269. The van der Waals surface area contributed by atoms with Crippen molar-refractivity contribution in [1.82, 2.24) is 5.01 Å². The Kier molecular flexibility index (Phi) is 6.14. The quantitative estimate of drug-likeness (QED) is 0.266. The monoisotopic (exact) mass is 572 g/mol. The number of amides is 2. The van der Waals surface area contributed by atoms with Crippen molar-refractivity contribution >= 4 is 49.9 Å². The summed E-state index contributed by atoms with van der Waals surface area (Å²) in [6.07, 6.45) is 7.65. The van der Waals surface area contributed by atoms with Gasteiger partial charge in [-0.05, 0) is 76.0 Å². The highest BCUT2D eigenvalue weighted by molar-refractivity contribution is 9.10. The standard InChI is InChI=1S/C25H22Br2N2O4/c1-32-20-11-15(10-19(27)23(20)33-13-14-2-8-18(26)9-3-14)12-28-29-24(30)21-16-4-5-17(7-6-16)22(21)25(29)31/h2-5,8-12,16-17,21-22H,6-7,13H2,1H3/b28-12-/t16-,17-,21-,22+/m0/s1. The van der Waals surface area contributed by atoms with Gasteiger partial charge in [0.25, 0.3) is 11.8 Å². The fraction of sp³-hybridized carbons (Fsp3) is 0.320. The number of hydrazone groups is 1. The van der Waals surface area contributed by atoms with Crippen molar-refractivity contribution in [2.45, 2.75) is 19.4 Å². The normalized spacial score (nSPS) is 25.7. The van der Waals surface area contributed by atoms with Gasteiger partial charge in [0.05, 0.1) is 29.6 Å². The van der Waals surface area contributed by atoms with Gasteiger partial charge in [-0.25, -0.2) is 0 Å². The number of benzene rings is 2. The van der Waals surface area contributed by atoms with Crippen LogP contribution >= 0.6 is 31.9 Å². The third kappa shape index (κ3) is 4.15. The van der Waals surface area contributed by atoms with Gasteiger partial charge in [-0.15, -0.1) is 0 Å². The van der Waals surface area contributed by atoms with Gasteiger partial charge in [0.1, 0.15) is 6.61 Å². The van der Waals surface area contributed by atoms with Gasteiger partial charge in [0.15, 0.2) is 11.5 Å². The van der Waals surface area contributed by atoms with E-state index >= 15 is 0 Å². The molecule has 6 rings (SSSR count). The maximum Gasteiger partial charge on any atom is 0.254 e. The first-order valence-electron chi connectivity index (χ1n) is 10.8. The molecule has 0 radical (unpaired) electrons. The average Bonchev–Trinajstić information content (AvgIpc) is 3.10. The zero-order valence-corrected chi connectivity index (χ0v) is 21.1. The molecule has 4 aliphatic rings. The van der Waals surface area contributed by atoms with Gasteiger partial charge in [0.2, 0.25) is 0 Å². The van der Waals surface area contributed by atoms with Crippen molar-refractivity contribution in [2.24, 2.45) is 28.8 Å². The van der Waals surface area contributed by atoms with E-state index in [1.165, 1.54) is 6.21 Å². The molecule has 0 aromatic heterocycles. The van der Waals surface area contributed by atoms with E-state index in [2.05, 4.69) is 49.1 Å². The lowest BCUT2D eigenvalue weighted by molar-refractivity contribution is -0.140. The van der Waals surface area contributed by atoms with E-state index in [0.717, 1.165) is 27.9 Å². The molecule has 33 heavy (non-hydrogen) atoms. The van der Waals surface area contributed by atoms with Gasteiger partial charge >= 0.3 is 0 Å². The summed E-state index contributed by atoms with van der Waals surface area (Å²) >= 11 is 6.97. The molecule has 1 heterocycles. The topological polar surface area (TPSA) is 68.2 Å². The Morgan fingerprint density at radius 3 is 2.24 bits per heavy atom. The summed E-state index contributed by atoms with van der Waals surface area (Å²) in [4.78, 5) is 25.9. The Balaban J connectivity index is 1.34. The number of ether oxygens (including phenoxy) is 2. The second-order valence-corrected chi connectivity index (χ2v) is 10.3. The van der Waals surface area contributed by atoms with Crippen LogP contribution in [0.15, 0.2) is 62.6 Å². The van der Waals surface area contributed by atoms with E-state index in [1.54, 1.807) is 13.2 Å². The van der Waals surface area contributed by atoms with Crippen molar-refractivity contribution < 1.29 is 19.1 Å². The predicted octanol–water partition coefficient (Wildman–Crippen LogP) is 5.33. The van der Waals surface area contributed by atoms with Crippen molar-refractivity contribution in [2.75, 3.05) is 7.11 Å². The number of carbonyl (C=O) groups excluding carboxylic acids is 2. The minimum absolute atomic E-state index is 0.146. The molecule has 2 aromatic carbocycles. The molecule has 2 bridgehead atoms. The van der Waals surface area contributed by atoms with Crippen LogP contribution < -0.4 is 9.47 Å². The Hall–Kier alpha value is -2.45. The molecule has 2 aromatic rings. The second kappa shape index (κ2) is 9.06. The fourth-order valence-electron chi connectivity index (χ4n) is 4.99. The lowest BCUT2D eigenvalue weighted by Gasteiger charge is -2.37. The Bertz CT molecular complexity index is 1130. The molecule has 0 N–H and O–H groups in total. The molecule has 1 saturated carbocycles. The summed E-state index contributed by atoms with van der Waals surface area (Å²) in [5.41, 5.74) is 1.71. The molecular weight excluding hydrogens is 552 g/mol. The zero-order valence-electron chi connectivity index (χ0n) is 17.9. The van der Waals surface area contributed by atoms with E-state index in [4.69, 9.17) is 9.47 Å². The van der Waals surface area contributed by atoms with Crippen LogP contribution in [0.2, 0.25) is 0 Å². The number of nitrogens with zero attached hydrogens (tertiary/aromatic N) is 2. The van der Waals surface area contributed by atoms with Crippen molar-refractivity contribution in [3.05, 3.63) is 68.6 Å². The van der Waals surface area contributed by atoms with Crippen LogP contribution in [0.5, 0.6) is 11.5 Å². The maximum absolute atomic E-state index is 12.9. The Labute approximate surface area is 208 Å². The molecule has 4 atom stereocenters. The summed E-state index contributed by atoms with van der Waals surface area (Å²) in [6.45, 7) is 0.381. The van der Waals surface area contributed by atoms with E-state index < -0.39 is 0 Å². The van der Waals surface area contributed by atoms with Gasteiger partial charge < -0.3 is 9.47 Å². The molecule has 1 saturated heterocycles. The number of imide groups is 1. The Morgan fingerprint density at radius 2 is 1.67 bits per heavy atom. The van der Waals surface area contributed by atoms with Crippen LogP contribution in [0.3, 0.4) is 0 Å². The van der Waals surface area contributed by atoms with Gasteiger partial charge in [-0.3, -0.25) is 9.59 Å². The minimum Gasteiger partial charge on any atom is -0.493 e. The molecule has 0 spiro atoms. The van der Waals surface area contributed by atoms with E-state index in [-0.39, 0.29) is 35.5 Å². The molecule has 8 heteroatoms. The smallest absolute Gasteiger partial charge is 0.254 e. The van der Waals surface area contributed by atoms with Gasteiger partial charge in [-0.1, -0.05) is 40.2 Å². The highest BCUT2D eigenvalue weighted by atomic mass is 79.9. The number of allylic oxidation sites excluding steroid dienone is 2. The lowest BCUT2D eigenvalue weighted by Crippen LogP contribution is -2.38. The number of carbonyl (C=O) groups is 2. The molecule has 2 amide bonds. The Morgan fingerprint density at radius 1 is 1.03 bits per heavy atom. The van der Waals surface area contributed by atoms with Crippen LogP contribution in [0.1, 0.15) is 24.0 Å². The number of rotatable bonds is 6. The number of methoxy groups -OCH3 is 1. The van der Waals surface area contributed by atoms with E-state index in [9.17, 15) is 9.59 Å². The first kappa shape index (κ1) is 22.3. The highest BCUT2D eigenvalue weighted by Gasteiger charge is 2.56. The molecule has 6 nitrogen and oxygen atoms in total. The fourth-order valence-corrected chi connectivity index (χ4v) is 5.83. The highest BCUT2D eigenvalue weighted by Crippen LogP contribution is 2.49. The summed E-state index contributed by atoms with van der Waals surface area (Å²) in [5.74, 6) is 0.461. The van der Waals surface area contributed by atoms with Gasteiger partial charge in [-0.2, -0.15) is 10.1 Å². The van der Waals surface area contributed by atoms with Crippen LogP contribution in [-0.4, -0.2) is 30.1 Å². The molecular formula is C25H22Br2N2O4. The average molecular weight is 574 g/mol. The number of hydrogen-bond donors (Lipinski definition) is 0. The van der Waals surface area contributed by atoms with Crippen molar-refractivity contribution in [3.63, 3.8) is 0 Å². The maximum atomic E-state index is 12.9.